The van der Waals surface area contributed by atoms with Crippen LogP contribution in [-0.2, 0) is 9.59 Å². The van der Waals surface area contributed by atoms with Crippen LogP contribution in [0.1, 0.15) is 30.4 Å². The Morgan fingerprint density at radius 3 is 1.70 bits per heavy atom. The Balaban J connectivity index is 1.49. The van der Waals surface area contributed by atoms with Crippen molar-refractivity contribution in [2.24, 2.45) is 11.8 Å². The Labute approximate surface area is 160 Å². The molecule has 2 aliphatic rings. The van der Waals surface area contributed by atoms with Gasteiger partial charge in [0.05, 0.1) is 5.92 Å². The van der Waals surface area contributed by atoms with Crippen LogP contribution in [0, 0.1) is 11.8 Å². The van der Waals surface area contributed by atoms with E-state index in [2.05, 4.69) is 6.92 Å². The van der Waals surface area contributed by atoms with Gasteiger partial charge < -0.3 is 9.80 Å². The van der Waals surface area contributed by atoms with Crippen molar-refractivity contribution in [2.75, 3.05) is 26.2 Å². The van der Waals surface area contributed by atoms with Gasteiger partial charge in [-0.1, -0.05) is 67.6 Å². The molecule has 0 unspecified atom stereocenters. The standard InChI is InChI=1S/C23H26N2O2/c1-17-16-20(17)22(26)24-12-14-25(15-13-24)23(27)21(18-8-4-2-5-9-18)19-10-6-3-7-11-19/h2-11,17,20-21H,12-16H2,1H3/t17-,20+/m0/s1. The second-order valence-electron chi connectivity index (χ2n) is 7.72. The van der Waals surface area contributed by atoms with Gasteiger partial charge in [0.15, 0.2) is 0 Å². The summed E-state index contributed by atoms with van der Waals surface area (Å²) in [6.07, 6.45) is 1.02. The van der Waals surface area contributed by atoms with E-state index in [-0.39, 0.29) is 23.7 Å². The zero-order valence-corrected chi connectivity index (χ0v) is 15.8. The van der Waals surface area contributed by atoms with Crippen molar-refractivity contribution in [1.82, 2.24) is 9.80 Å². The van der Waals surface area contributed by atoms with Crippen molar-refractivity contribution in [2.45, 2.75) is 19.3 Å². The molecule has 1 saturated carbocycles. The fourth-order valence-corrected chi connectivity index (χ4v) is 4.00. The van der Waals surface area contributed by atoms with Gasteiger partial charge in [-0.15, -0.1) is 0 Å². The summed E-state index contributed by atoms with van der Waals surface area (Å²) in [4.78, 5) is 29.7. The second-order valence-corrected chi connectivity index (χ2v) is 7.72. The highest BCUT2D eigenvalue weighted by molar-refractivity contribution is 5.88. The number of carbonyl (C=O) groups excluding carboxylic acids is 2. The molecular formula is C23H26N2O2. The second kappa shape index (κ2) is 7.55. The predicted octanol–water partition coefficient (Wildman–Crippen LogP) is 3.15. The normalized spacial score (nSPS) is 22.0. The lowest BCUT2D eigenvalue weighted by Gasteiger charge is -2.37. The molecule has 4 rings (SSSR count). The summed E-state index contributed by atoms with van der Waals surface area (Å²) in [5.41, 5.74) is 2.03. The van der Waals surface area contributed by atoms with Gasteiger partial charge in [0.25, 0.3) is 0 Å². The Kier molecular flexibility index (Phi) is 4.97. The quantitative estimate of drug-likeness (QED) is 0.838. The highest BCUT2D eigenvalue weighted by Gasteiger charge is 2.42. The van der Waals surface area contributed by atoms with Crippen LogP contribution >= 0.6 is 0 Å². The van der Waals surface area contributed by atoms with E-state index in [0.717, 1.165) is 17.5 Å². The highest BCUT2D eigenvalue weighted by atomic mass is 16.2. The number of nitrogens with zero attached hydrogens (tertiary/aromatic N) is 2. The van der Waals surface area contributed by atoms with Gasteiger partial charge in [-0.25, -0.2) is 0 Å². The number of benzene rings is 2. The third-order valence-electron chi connectivity index (χ3n) is 5.84. The fourth-order valence-electron chi connectivity index (χ4n) is 4.00. The van der Waals surface area contributed by atoms with Crippen LogP contribution in [0.25, 0.3) is 0 Å². The maximum atomic E-state index is 13.4. The SMILES string of the molecule is C[C@H]1C[C@H]1C(=O)N1CCN(C(=O)C(c2ccccc2)c2ccccc2)CC1. The first-order valence-electron chi connectivity index (χ1n) is 9.82. The van der Waals surface area contributed by atoms with Crippen molar-refractivity contribution in [3.05, 3.63) is 71.8 Å². The molecule has 1 heterocycles. The van der Waals surface area contributed by atoms with Gasteiger partial charge in [-0.05, 0) is 23.5 Å². The maximum Gasteiger partial charge on any atom is 0.234 e. The first kappa shape index (κ1) is 17.8. The Morgan fingerprint density at radius 2 is 1.26 bits per heavy atom. The van der Waals surface area contributed by atoms with E-state index in [0.29, 0.717) is 32.1 Å². The van der Waals surface area contributed by atoms with Crippen LogP contribution in [0.15, 0.2) is 60.7 Å². The summed E-state index contributed by atoms with van der Waals surface area (Å²) in [7, 11) is 0. The molecule has 4 nitrogen and oxygen atoms in total. The third-order valence-corrected chi connectivity index (χ3v) is 5.84. The van der Waals surface area contributed by atoms with Crippen molar-refractivity contribution in [3.63, 3.8) is 0 Å². The molecular weight excluding hydrogens is 336 g/mol. The summed E-state index contributed by atoms with van der Waals surface area (Å²) >= 11 is 0. The topological polar surface area (TPSA) is 40.6 Å². The monoisotopic (exact) mass is 362 g/mol. The molecule has 1 aliphatic carbocycles. The predicted molar refractivity (Wildman–Crippen MR) is 105 cm³/mol. The number of amides is 2. The lowest BCUT2D eigenvalue weighted by atomic mass is 9.90. The van der Waals surface area contributed by atoms with Gasteiger partial charge in [0.2, 0.25) is 11.8 Å². The molecule has 27 heavy (non-hydrogen) atoms. The highest BCUT2D eigenvalue weighted by Crippen LogP contribution is 2.39. The van der Waals surface area contributed by atoms with Crippen molar-refractivity contribution in [3.8, 4) is 0 Å². The molecule has 0 spiro atoms. The Morgan fingerprint density at radius 1 is 0.815 bits per heavy atom. The molecule has 140 valence electrons. The van der Waals surface area contributed by atoms with Crippen molar-refractivity contribution < 1.29 is 9.59 Å². The maximum absolute atomic E-state index is 13.4. The summed E-state index contributed by atoms with van der Waals surface area (Å²) in [6.45, 7) is 4.64. The average Bonchev–Trinajstić information content (AvgIpc) is 3.46. The fraction of sp³-hybridized carbons (Fsp3) is 0.391. The van der Waals surface area contributed by atoms with Crippen LogP contribution < -0.4 is 0 Å². The summed E-state index contributed by atoms with van der Waals surface area (Å²) < 4.78 is 0. The van der Waals surface area contributed by atoms with E-state index in [1.165, 1.54) is 0 Å². The molecule has 2 aromatic rings. The zero-order valence-electron chi connectivity index (χ0n) is 15.8. The molecule has 2 aromatic carbocycles. The summed E-state index contributed by atoms with van der Waals surface area (Å²) in [5.74, 6) is 0.848. The third kappa shape index (κ3) is 3.75. The minimum atomic E-state index is -0.293. The van der Waals surface area contributed by atoms with Crippen LogP contribution in [0.3, 0.4) is 0 Å². The molecule has 1 saturated heterocycles. The van der Waals surface area contributed by atoms with Crippen LogP contribution in [0.5, 0.6) is 0 Å². The van der Waals surface area contributed by atoms with E-state index in [1.807, 2.05) is 70.5 Å². The summed E-state index contributed by atoms with van der Waals surface area (Å²) in [6, 6.07) is 19.9. The number of hydrogen-bond acceptors (Lipinski definition) is 2. The smallest absolute Gasteiger partial charge is 0.234 e. The van der Waals surface area contributed by atoms with Gasteiger partial charge in [0.1, 0.15) is 0 Å². The molecule has 0 radical (unpaired) electrons. The minimum absolute atomic E-state index is 0.124. The van der Waals surface area contributed by atoms with Gasteiger partial charge in [0, 0.05) is 32.1 Å². The van der Waals surface area contributed by atoms with Crippen molar-refractivity contribution in [1.29, 1.82) is 0 Å². The first-order valence-corrected chi connectivity index (χ1v) is 9.82. The molecule has 2 fully saturated rings. The van der Waals surface area contributed by atoms with Gasteiger partial charge >= 0.3 is 0 Å². The van der Waals surface area contributed by atoms with E-state index in [9.17, 15) is 9.59 Å². The molecule has 0 aromatic heterocycles. The number of carbonyl (C=O) groups is 2. The number of hydrogen-bond donors (Lipinski definition) is 0. The lowest BCUT2D eigenvalue weighted by molar-refractivity contribution is -0.140. The molecule has 0 bridgehead atoms. The lowest BCUT2D eigenvalue weighted by Crippen LogP contribution is -2.52. The molecule has 4 heteroatoms. The van der Waals surface area contributed by atoms with Crippen molar-refractivity contribution >= 4 is 11.8 Å². The van der Waals surface area contributed by atoms with Gasteiger partial charge in [-0.2, -0.15) is 0 Å². The Bertz CT molecular complexity index is 758. The molecule has 0 N–H and O–H groups in total. The van der Waals surface area contributed by atoms with E-state index in [1.54, 1.807) is 0 Å². The average molecular weight is 362 g/mol. The molecule has 2 atom stereocenters. The zero-order chi connectivity index (χ0) is 18.8. The largest absolute Gasteiger partial charge is 0.339 e. The van der Waals surface area contributed by atoms with Crippen LogP contribution in [0.2, 0.25) is 0 Å². The summed E-state index contributed by atoms with van der Waals surface area (Å²) in [5, 5.41) is 0. The van der Waals surface area contributed by atoms with Crippen LogP contribution in [-0.4, -0.2) is 47.8 Å². The Hall–Kier alpha value is -2.62. The minimum Gasteiger partial charge on any atom is -0.339 e. The molecule has 1 aliphatic heterocycles. The first-order chi connectivity index (χ1) is 13.1. The van der Waals surface area contributed by atoms with E-state index in [4.69, 9.17) is 0 Å². The van der Waals surface area contributed by atoms with Crippen LogP contribution in [0.4, 0.5) is 0 Å². The number of piperazine rings is 1. The van der Waals surface area contributed by atoms with E-state index < -0.39 is 0 Å². The van der Waals surface area contributed by atoms with Gasteiger partial charge in [-0.3, -0.25) is 9.59 Å². The number of rotatable bonds is 4. The molecule has 2 amide bonds. The van der Waals surface area contributed by atoms with E-state index >= 15 is 0 Å².